The molecule has 3 N–H and O–H groups in total. The molecule has 0 aromatic heterocycles. The van der Waals surface area contributed by atoms with Gasteiger partial charge in [-0.3, -0.25) is 11.3 Å². The molecule has 0 aliphatic rings. The summed E-state index contributed by atoms with van der Waals surface area (Å²) in [6, 6.07) is -1.16. The first-order chi connectivity index (χ1) is 8.95. The molecule has 19 heavy (non-hydrogen) atoms. The van der Waals surface area contributed by atoms with Gasteiger partial charge < -0.3 is 0 Å². The number of nitrogens with one attached hydrogen (secondary N) is 1. The molecule has 0 radical (unpaired) electrons. The van der Waals surface area contributed by atoms with E-state index in [1.807, 2.05) is 0 Å². The van der Waals surface area contributed by atoms with E-state index < -0.39 is 40.7 Å². The Hall–Kier alpha value is -1.47. The van der Waals surface area contributed by atoms with Crippen molar-refractivity contribution in [3.05, 3.63) is 47.3 Å². The fraction of sp³-hybridized carbons (Fsp3) is 0.333. The van der Waals surface area contributed by atoms with Crippen molar-refractivity contribution < 1.29 is 22.0 Å². The van der Waals surface area contributed by atoms with Crippen molar-refractivity contribution >= 4 is 0 Å². The second-order valence-corrected chi connectivity index (χ2v) is 3.92. The molecule has 0 saturated carbocycles. The van der Waals surface area contributed by atoms with Crippen LogP contribution in [0.4, 0.5) is 22.0 Å². The van der Waals surface area contributed by atoms with E-state index in [2.05, 4.69) is 12.0 Å². The molecule has 0 aliphatic heterocycles. The van der Waals surface area contributed by atoms with Crippen LogP contribution in [-0.2, 0) is 0 Å². The zero-order valence-corrected chi connectivity index (χ0v) is 9.95. The Morgan fingerprint density at radius 1 is 1.00 bits per heavy atom. The maximum Gasteiger partial charge on any atom is 0.200 e. The van der Waals surface area contributed by atoms with Crippen molar-refractivity contribution in [2.45, 2.75) is 25.3 Å². The van der Waals surface area contributed by atoms with Gasteiger partial charge in [0.2, 0.25) is 5.82 Å². The van der Waals surface area contributed by atoms with Crippen LogP contribution in [0.25, 0.3) is 0 Å². The summed E-state index contributed by atoms with van der Waals surface area (Å²) in [6.07, 6.45) is 2.67. The van der Waals surface area contributed by atoms with Crippen LogP contribution in [0.5, 0.6) is 0 Å². The number of unbranched alkanes of at least 4 members (excludes halogenated alkanes) is 1. The number of allylic oxidation sites excluding steroid dienone is 1. The molecule has 1 unspecified atom stereocenters. The van der Waals surface area contributed by atoms with Gasteiger partial charge >= 0.3 is 0 Å². The van der Waals surface area contributed by atoms with E-state index in [0.29, 0.717) is 12.8 Å². The van der Waals surface area contributed by atoms with Gasteiger partial charge in [0.1, 0.15) is 0 Å². The van der Waals surface area contributed by atoms with Crippen molar-refractivity contribution in [2.24, 2.45) is 5.84 Å². The summed E-state index contributed by atoms with van der Waals surface area (Å²) in [4.78, 5) is 0. The molecule has 7 heteroatoms. The van der Waals surface area contributed by atoms with Crippen molar-refractivity contribution in [2.75, 3.05) is 0 Å². The van der Waals surface area contributed by atoms with Crippen molar-refractivity contribution in [1.29, 1.82) is 0 Å². The van der Waals surface area contributed by atoms with Crippen LogP contribution in [0, 0.1) is 29.1 Å². The van der Waals surface area contributed by atoms with E-state index in [0.717, 1.165) is 0 Å². The van der Waals surface area contributed by atoms with Crippen LogP contribution in [0.15, 0.2) is 12.7 Å². The number of rotatable bonds is 6. The fourth-order valence-corrected chi connectivity index (χ4v) is 1.71. The Kier molecular flexibility index (Phi) is 5.44. The van der Waals surface area contributed by atoms with Gasteiger partial charge in [0.25, 0.3) is 0 Å². The minimum Gasteiger partial charge on any atom is -0.271 e. The van der Waals surface area contributed by atoms with Gasteiger partial charge in [-0.2, -0.15) is 0 Å². The molecule has 1 atom stereocenters. The van der Waals surface area contributed by atoms with Crippen LogP contribution in [-0.4, -0.2) is 0 Å². The lowest BCUT2D eigenvalue weighted by Crippen LogP contribution is -2.30. The number of hydrogen-bond donors (Lipinski definition) is 2. The highest BCUT2D eigenvalue weighted by Crippen LogP contribution is 2.29. The minimum atomic E-state index is -2.18. The summed E-state index contributed by atoms with van der Waals surface area (Å²) in [7, 11) is 0. The van der Waals surface area contributed by atoms with Gasteiger partial charge in [0.15, 0.2) is 23.3 Å². The van der Waals surface area contributed by atoms with Crippen LogP contribution in [0.3, 0.4) is 0 Å². The number of hydrogen-bond acceptors (Lipinski definition) is 2. The summed E-state index contributed by atoms with van der Waals surface area (Å²) in [6.45, 7) is 3.46. The normalized spacial score (nSPS) is 12.5. The topological polar surface area (TPSA) is 38.0 Å². The number of hydrazine groups is 1. The summed E-state index contributed by atoms with van der Waals surface area (Å²) < 4.78 is 66.0. The molecule has 106 valence electrons. The average Bonchev–Trinajstić information content (AvgIpc) is 2.41. The van der Waals surface area contributed by atoms with Gasteiger partial charge in [-0.05, 0) is 19.3 Å². The molecule has 0 heterocycles. The molecule has 0 saturated heterocycles. The molecule has 1 aromatic rings. The maximum absolute atomic E-state index is 13.5. The lowest BCUT2D eigenvalue weighted by atomic mass is 9.99. The molecule has 2 nitrogen and oxygen atoms in total. The summed E-state index contributed by atoms with van der Waals surface area (Å²) in [5, 5.41) is 0. The molecule has 0 bridgehead atoms. The SMILES string of the molecule is C=CCCCC(NN)c1c(F)c(F)c(F)c(F)c1F. The highest BCUT2D eigenvalue weighted by molar-refractivity contribution is 5.27. The molecule has 0 spiro atoms. The number of halogens is 5. The average molecular weight is 280 g/mol. The standard InChI is InChI=1S/C12H13F5N2/c1-2-3-4-5-6(19-18)7-8(13)10(15)12(17)11(16)9(7)14/h2,6,19H,1,3-5,18H2. The third-order valence-electron chi connectivity index (χ3n) is 2.69. The highest BCUT2D eigenvalue weighted by Gasteiger charge is 2.29. The van der Waals surface area contributed by atoms with Crippen LogP contribution in [0.1, 0.15) is 30.9 Å². The molecule has 0 amide bonds. The predicted molar refractivity (Wildman–Crippen MR) is 60.3 cm³/mol. The second kappa shape index (κ2) is 6.63. The third kappa shape index (κ3) is 3.10. The lowest BCUT2D eigenvalue weighted by molar-refractivity contribution is 0.351. The molecule has 1 aromatic carbocycles. The Balaban J connectivity index is 3.20. The zero-order chi connectivity index (χ0) is 14.6. The Morgan fingerprint density at radius 3 is 1.89 bits per heavy atom. The van der Waals surface area contributed by atoms with Gasteiger partial charge in [0, 0.05) is 5.56 Å². The predicted octanol–water partition coefficient (Wildman–Crippen LogP) is 3.24. The van der Waals surface area contributed by atoms with Gasteiger partial charge in [0.05, 0.1) is 6.04 Å². The maximum atomic E-state index is 13.5. The molecule has 0 fully saturated rings. The second-order valence-electron chi connectivity index (χ2n) is 3.92. The van der Waals surface area contributed by atoms with E-state index in [4.69, 9.17) is 5.84 Å². The van der Waals surface area contributed by atoms with Gasteiger partial charge in [-0.25, -0.2) is 22.0 Å². The zero-order valence-electron chi connectivity index (χ0n) is 9.95. The van der Waals surface area contributed by atoms with Crippen molar-refractivity contribution in [3.8, 4) is 0 Å². The summed E-state index contributed by atoms with van der Waals surface area (Å²) >= 11 is 0. The lowest BCUT2D eigenvalue weighted by Gasteiger charge is -2.18. The van der Waals surface area contributed by atoms with E-state index in [9.17, 15) is 22.0 Å². The Morgan fingerprint density at radius 2 is 1.47 bits per heavy atom. The first-order valence-corrected chi connectivity index (χ1v) is 5.54. The Labute approximate surface area is 107 Å². The summed E-state index contributed by atoms with van der Waals surface area (Å²) in [5.74, 6) is -4.74. The number of nitrogens with two attached hydrogens (primary N) is 1. The largest absolute Gasteiger partial charge is 0.271 e. The Bertz CT molecular complexity index is 447. The van der Waals surface area contributed by atoms with Crippen LogP contribution in [0.2, 0.25) is 0 Å². The van der Waals surface area contributed by atoms with Gasteiger partial charge in [-0.1, -0.05) is 6.08 Å². The van der Waals surface area contributed by atoms with Crippen LogP contribution >= 0.6 is 0 Å². The molecule has 0 aliphatic carbocycles. The first kappa shape index (κ1) is 15.6. The summed E-state index contributed by atoms with van der Waals surface area (Å²) in [5.41, 5.74) is 1.12. The van der Waals surface area contributed by atoms with Crippen molar-refractivity contribution in [3.63, 3.8) is 0 Å². The van der Waals surface area contributed by atoms with E-state index >= 15 is 0 Å². The van der Waals surface area contributed by atoms with Crippen molar-refractivity contribution in [1.82, 2.24) is 5.43 Å². The number of benzene rings is 1. The minimum absolute atomic E-state index is 0.112. The first-order valence-electron chi connectivity index (χ1n) is 5.54. The van der Waals surface area contributed by atoms with E-state index in [1.54, 1.807) is 6.08 Å². The smallest absolute Gasteiger partial charge is 0.200 e. The third-order valence-corrected chi connectivity index (χ3v) is 2.69. The monoisotopic (exact) mass is 280 g/mol. The molecule has 1 rings (SSSR count). The van der Waals surface area contributed by atoms with E-state index in [1.165, 1.54) is 0 Å². The quantitative estimate of drug-likeness (QED) is 0.160. The molecular formula is C12H13F5N2. The molecular weight excluding hydrogens is 267 g/mol. The van der Waals surface area contributed by atoms with Gasteiger partial charge in [-0.15, -0.1) is 6.58 Å². The van der Waals surface area contributed by atoms with E-state index in [-0.39, 0.29) is 6.42 Å². The van der Waals surface area contributed by atoms with Crippen LogP contribution < -0.4 is 11.3 Å². The highest BCUT2D eigenvalue weighted by atomic mass is 19.2. The fourth-order valence-electron chi connectivity index (χ4n) is 1.71.